The molecule has 2 N–H and O–H groups in total. The molecule has 1 aromatic carbocycles. The van der Waals surface area contributed by atoms with E-state index in [4.69, 9.17) is 0 Å². The highest BCUT2D eigenvalue weighted by atomic mass is 16.6. The molecular formula is C26H32N2O4. The zero-order valence-electron chi connectivity index (χ0n) is 18.8. The van der Waals surface area contributed by atoms with E-state index in [2.05, 4.69) is 25.1 Å². The first-order valence-electron chi connectivity index (χ1n) is 11.8. The Morgan fingerprint density at radius 2 is 1.81 bits per heavy atom. The molecule has 1 aromatic rings. The summed E-state index contributed by atoms with van der Waals surface area (Å²) >= 11 is 0. The van der Waals surface area contributed by atoms with Crippen molar-refractivity contribution >= 4 is 17.5 Å². The third kappa shape index (κ3) is 3.14. The van der Waals surface area contributed by atoms with E-state index in [1.54, 1.807) is 12.1 Å². The molecule has 3 saturated carbocycles. The van der Waals surface area contributed by atoms with E-state index in [0.717, 1.165) is 61.8 Å². The molecule has 32 heavy (non-hydrogen) atoms. The number of allylic oxidation sites excluding steroid dienone is 2. The fourth-order valence-corrected chi connectivity index (χ4v) is 7.53. The number of nitro groups is 1. The van der Waals surface area contributed by atoms with Gasteiger partial charge in [0.25, 0.3) is 5.69 Å². The van der Waals surface area contributed by atoms with Crippen LogP contribution in [-0.4, -0.2) is 27.1 Å². The van der Waals surface area contributed by atoms with Crippen LogP contribution in [-0.2, 0) is 0 Å². The molecule has 4 aliphatic carbocycles. The number of benzene rings is 1. The molecule has 4 aliphatic rings. The van der Waals surface area contributed by atoms with Gasteiger partial charge >= 0.3 is 0 Å². The van der Waals surface area contributed by atoms with Gasteiger partial charge in [-0.15, -0.1) is 0 Å². The Hall–Kier alpha value is -2.47. The molecule has 0 saturated heterocycles. The monoisotopic (exact) mass is 436 g/mol. The minimum absolute atomic E-state index is 0.0775. The minimum atomic E-state index is -0.390. The van der Waals surface area contributed by atoms with Gasteiger partial charge in [0.2, 0.25) is 0 Å². The number of aliphatic hydroxyl groups excluding tert-OH is 1. The fraction of sp³-hybridized carbons (Fsp3) is 0.577. The fourth-order valence-electron chi connectivity index (χ4n) is 7.53. The van der Waals surface area contributed by atoms with Gasteiger partial charge in [-0.1, -0.05) is 30.7 Å². The smallest absolute Gasteiger partial charge is 0.269 e. The molecule has 5 rings (SSSR count). The maximum Gasteiger partial charge on any atom is 0.269 e. The second-order valence-corrected chi connectivity index (χ2v) is 10.8. The van der Waals surface area contributed by atoms with Crippen molar-refractivity contribution in [3.63, 3.8) is 0 Å². The molecule has 6 heteroatoms. The van der Waals surface area contributed by atoms with Crippen LogP contribution in [0.25, 0.3) is 6.08 Å². The highest BCUT2D eigenvalue weighted by Gasteiger charge is 2.59. The van der Waals surface area contributed by atoms with Crippen molar-refractivity contribution in [2.24, 2.45) is 33.7 Å². The van der Waals surface area contributed by atoms with Crippen LogP contribution in [0.1, 0.15) is 64.4 Å². The van der Waals surface area contributed by atoms with Crippen LogP contribution < -0.4 is 0 Å². The number of fused-ring (bicyclic) bond motifs is 5. The van der Waals surface area contributed by atoms with Crippen LogP contribution in [0.5, 0.6) is 0 Å². The molecular weight excluding hydrogens is 404 g/mol. The van der Waals surface area contributed by atoms with Gasteiger partial charge in [0.1, 0.15) is 0 Å². The van der Waals surface area contributed by atoms with E-state index in [9.17, 15) is 20.4 Å². The number of nitro benzene ring substituents is 1. The van der Waals surface area contributed by atoms with E-state index in [1.807, 2.05) is 6.08 Å². The lowest BCUT2D eigenvalue weighted by atomic mass is 9.48. The number of non-ortho nitro benzene ring substituents is 1. The van der Waals surface area contributed by atoms with Crippen molar-refractivity contribution in [1.82, 2.24) is 0 Å². The number of hydrogen-bond acceptors (Lipinski definition) is 5. The van der Waals surface area contributed by atoms with Crippen molar-refractivity contribution in [3.05, 3.63) is 57.2 Å². The summed E-state index contributed by atoms with van der Waals surface area (Å²) in [6, 6.07) is 6.57. The summed E-state index contributed by atoms with van der Waals surface area (Å²) in [5.74, 6) is 1.56. The number of hydrogen-bond donors (Lipinski definition) is 2. The normalized spacial score (nSPS) is 41.0. The molecule has 0 amide bonds. The Balaban J connectivity index is 1.48. The van der Waals surface area contributed by atoms with E-state index in [-0.39, 0.29) is 22.6 Å². The lowest BCUT2D eigenvalue weighted by Crippen LogP contribution is -2.50. The largest absolute Gasteiger partial charge is 0.411 e. The zero-order valence-corrected chi connectivity index (χ0v) is 18.8. The SMILES string of the molecule is C[C@]12CC[C@H](O)CC1=CC[C@@H]1[C@@H]2CC[C@]2(C)C(=NO)C(=Cc3ccc([N+](=O)[O-])cc3)C[C@@H]12. The van der Waals surface area contributed by atoms with Crippen molar-refractivity contribution in [3.8, 4) is 0 Å². The summed E-state index contributed by atoms with van der Waals surface area (Å²) in [7, 11) is 0. The highest BCUT2D eigenvalue weighted by Crippen LogP contribution is 2.65. The predicted octanol–water partition coefficient (Wildman–Crippen LogP) is 5.74. The second-order valence-electron chi connectivity index (χ2n) is 10.8. The number of rotatable bonds is 2. The summed E-state index contributed by atoms with van der Waals surface area (Å²) in [5.41, 5.74) is 4.28. The van der Waals surface area contributed by atoms with Gasteiger partial charge < -0.3 is 10.3 Å². The summed E-state index contributed by atoms with van der Waals surface area (Å²) in [6.07, 6.45) is 11.0. The third-order valence-electron chi connectivity index (χ3n) is 9.30. The molecule has 6 nitrogen and oxygen atoms in total. The molecule has 0 radical (unpaired) electrons. The van der Waals surface area contributed by atoms with Gasteiger partial charge in [0, 0.05) is 17.5 Å². The van der Waals surface area contributed by atoms with Gasteiger partial charge in [-0.25, -0.2) is 0 Å². The van der Waals surface area contributed by atoms with Crippen LogP contribution in [0, 0.1) is 38.7 Å². The minimum Gasteiger partial charge on any atom is -0.411 e. The Morgan fingerprint density at radius 3 is 2.50 bits per heavy atom. The number of aliphatic hydroxyl groups is 1. The average molecular weight is 437 g/mol. The van der Waals surface area contributed by atoms with Gasteiger partial charge in [0.15, 0.2) is 0 Å². The quantitative estimate of drug-likeness (QED) is 0.267. The Bertz CT molecular complexity index is 1030. The number of nitrogens with zero attached hydrogens (tertiary/aromatic N) is 2. The Morgan fingerprint density at radius 1 is 1.09 bits per heavy atom. The first-order chi connectivity index (χ1) is 15.3. The topological polar surface area (TPSA) is 96.0 Å². The summed E-state index contributed by atoms with van der Waals surface area (Å²) in [4.78, 5) is 10.6. The van der Waals surface area contributed by atoms with E-state index in [1.165, 1.54) is 17.7 Å². The van der Waals surface area contributed by atoms with E-state index >= 15 is 0 Å². The van der Waals surface area contributed by atoms with Gasteiger partial charge in [-0.2, -0.15) is 0 Å². The van der Waals surface area contributed by atoms with Crippen molar-refractivity contribution in [2.75, 3.05) is 0 Å². The Kier molecular flexibility index (Phi) is 5.04. The standard InChI is InChI=1S/C26H32N2O4/c1-25-11-9-20(29)15-18(25)5-8-21-22(25)10-12-26(2)23(21)14-17(24(26)27-30)13-16-3-6-19(7-4-16)28(31)32/h3-7,13,20-23,29-30H,8-12,14-15H2,1-2H3/t20-,21+,22-,23-,25-,26-/m0/s1. The molecule has 0 heterocycles. The molecule has 0 aromatic heterocycles. The van der Waals surface area contributed by atoms with Gasteiger partial charge in [-0.3, -0.25) is 10.1 Å². The molecule has 0 unspecified atom stereocenters. The van der Waals surface area contributed by atoms with Gasteiger partial charge in [0.05, 0.1) is 16.7 Å². The first-order valence-corrected chi connectivity index (χ1v) is 11.8. The summed E-state index contributed by atoms with van der Waals surface area (Å²) in [6.45, 7) is 4.67. The molecule has 0 aliphatic heterocycles. The highest BCUT2D eigenvalue weighted by molar-refractivity contribution is 6.09. The molecule has 3 fully saturated rings. The van der Waals surface area contributed by atoms with Crippen molar-refractivity contribution in [1.29, 1.82) is 0 Å². The molecule has 6 atom stereocenters. The Labute approximate surface area is 188 Å². The zero-order chi connectivity index (χ0) is 22.7. The predicted molar refractivity (Wildman–Crippen MR) is 123 cm³/mol. The number of oxime groups is 1. The lowest BCUT2D eigenvalue weighted by molar-refractivity contribution is -0.384. The van der Waals surface area contributed by atoms with Crippen LogP contribution in [0.2, 0.25) is 0 Å². The maximum atomic E-state index is 11.0. The van der Waals surface area contributed by atoms with Crippen LogP contribution in [0.15, 0.2) is 46.6 Å². The van der Waals surface area contributed by atoms with Crippen molar-refractivity contribution in [2.45, 2.75) is 64.9 Å². The molecule has 170 valence electrons. The summed E-state index contributed by atoms with van der Waals surface area (Å²) < 4.78 is 0. The van der Waals surface area contributed by atoms with Crippen molar-refractivity contribution < 1.29 is 15.2 Å². The summed E-state index contributed by atoms with van der Waals surface area (Å²) in [5, 5.41) is 35.0. The van der Waals surface area contributed by atoms with E-state index < -0.39 is 4.92 Å². The van der Waals surface area contributed by atoms with E-state index in [0.29, 0.717) is 17.8 Å². The van der Waals surface area contributed by atoms with Crippen LogP contribution >= 0.6 is 0 Å². The molecule has 0 bridgehead atoms. The third-order valence-corrected chi connectivity index (χ3v) is 9.30. The van der Waals surface area contributed by atoms with Crippen LogP contribution in [0.3, 0.4) is 0 Å². The lowest BCUT2D eigenvalue weighted by Gasteiger charge is -2.56. The average Bonchev–Trinajstić information content (AvgIpc) is 3.05. The van der Waals surface area contributed by atoms with Gasteiger partial charge in [-0.05, 0) is 97.5 Å². The maximum absolute atomic E-state index is 11.0. The molecule has 0 spiro atoms. The second kappa shape index (κ2) is 7.55. The first kappa shape index (κ1) is 21.4. The van der Waals surface area contributed by atoms with Crippen LogP contribution in [0.4, 0.5) is 5.69 Å².